The molecule has 0 bridgehead atoms. The van der Waals surface area contributed by atoms with E-state index >= 15 is 0 Å². The molecule has 0 aliphatic rings. The summed E-state index contributed by atoms with van der Waals surface area (Å²) in [6, 6.07) is 44.6. The highest BCUT2D eigenvalue weighted by molar-refractivity contribution is 6.07. The highest BCUT2D eigenvalue weighted by atomic mass is 16.3. The monoisotopic (exact) mass is 554 g/mol. The van der Waals surface area contributed by atoms with Gasteiger partial charge in [0.05, 0.1) is 22.1 Å². The zero-order valence-electron chi connectivity index (χ0n) is 22.8. The maximum Gasteiger partial charge on any atom is 0.197 e. The summed E-state index contributed by atoms with van der Waals surface area (Å²) in [4.78, 5) is 20.6. The highest BCUT2D eigenvalue weighted by Gasteiger charge is 2.25. The molecule has 0 aliphatic carbocycles. The zero-order chi connectivity index (χ0) is 28.3. The van der Waals surface area contributed by atoms with E-state index in [9.17, 15) is 0 Å². The van der Waals surface area contributed by atoms with Crippen molar-refractivity contribution in [2.24, 2.45) is 0 Å². The van der Waals surface area contributed by atoms with Crippen LogP contribution >= 0.6 is 0 Å². The van der Waals surface area contributed by atoms with E-state index in [-0.39, 0.29) is 0 Å². The number of hydrogen-bond donors (Lipinski definition) is 0. The van der Waals surface area contributed by atoms with Gasteiger partial charge in [-0.2, -0.15) is 0 Å². The second kappa shape index (κ2) is 9.22. The van der Waals surface area contributed by atoms with Crippen molar-refractivity contribution in [2.75, 3.05) is 0 Å². The minimum absolute atomic E-state index is 0.487. The molecule has 0 saturated heterocycles. The topological polar surface area (TPSA) is 74.6 Å². The Morgan fingerprint density at radius 2 is 1.00 bits per heavy atom. The van der Waals surface area contributed by atoms with Gasteiger partial charge in [-0.05, 0) is 60.7 Å². The molecule has 0 spiro atoms. The van der Waals surface area contributed by atoms with Crippen molar-refractivity contribution in [3.05, 3.63) is 133 Å². The van der Waals surface area contributed by atoms with Crippen molar-refractivity contribution < 1.29 is 4.42 Å². The molecule has 7 heteroatoms. The molecule has 0 radical (unpaired) electrons. The molecule has 0 atom stereocenters. The first-order chi connectivity index (χ1) is 21.3. The molecule has 4 heterocycles. The lowest BCUT2D eigenvalue weighted by atomic mass is 10.2. The number of hydrogen-bond acceptors (Lipinski definition) is 5. The van der Waals surface area contributed by atoms with Crippen LogP contribution in [0.1, 0.15) is 0 Å². The summed E-state index contributed by atoms with van der Waals surface area (Å²) in [5.74, 6) is 1.80. The van der Waals surface area contributed by atoms with E-state index < -0.39 is 0 Å². The SMILES string of the molecule is c1ccc(-n2c(-c3nc(-c4nc5ccccc5n4-c4ccccc4)c4oc5ccccc5c4n3)nc3ccccc32)cc1. The lowest BCUT2D eigenvalue weighted by Gasteiger charge is -2.11. The van der Waals surface area contributed by atoms with Crippen LogP contribution in [0.25, 0.3) is 78.7 Å². The molecule has 0 saturated carbocycles. The third kappa shape index (κ3) is 3.62. The van der Waals surface area contributed by atoms with Crippen LogP contribution in [0.3, 0.4) is 0 Å². The molecule has 7 nitrogen and oxygen atoms in total. The van der Waals surface area contributed by atoms with Crippen molar-refractivity contribution in [3.8, 4) is 34.5 Å². The number of furan rings is 1. The third-order valence-electron chi connectivity index (χ3n) is 7.78. The summed E-state index contributed by atoms with van der Waals surface area (Å²) in [6.07, 6.45) is 0. The minimum Gasteiger partial charge on any atom is -0.452 e. The predicted octanol–water partition coefficient (Wildman–Crippen LogP) is 8.39. The van der Waals surface area contributed by atoms with Gasteiger partial charge >= 0.3 is 0 Å². The highest BCUT2D eigenvalue weighted by Crippen LogP contribution is 2.38. The summed E-state index contributed by atoms with van der Waals surface area (Å²) >= 11 is 0. The quantitative estimate of drug-likeness (QED) is 0.218. The molecule has 0 unspecified atom stereocenters. The Bertz CT molecular complexity index is 2460. The molecule has 0 N–H and O–H groups in total. The zero-order valence-corrected chi connectivity index (χ0v) is 22.8. The Balaban J connectivity index is 1.42. The van der Waals surface area contributed by atoms with Crippen molar-refractivity contribution in [3.63, 3.8) is 0 Å². The molecule has 4 aromatic heterocycles. The van der Waals surface area contributed by atoms with E-state index in [0.29, 0.717) is 34.3 Å². The molecule has 9 aromatic rings. The number of benzene rings is 5. The number of nitrogens with zero attached hydrogens (tertiary/aromatic N) is 6. The summed E-state index contributed by atoms with van der Waals surface area (Å²) in [5.41, 5.74) is 8.27. The van der Waals surface area contributed by atoms with Gasteiger partial charge in [-0.25, -0.2) is 19.9 Å². The van der Waals surface area contributed by atoms with Crippen molar-refractivity contribution in [1.82, 2.24) is 29.1 Å². The minimum atomic E-state index is 0.487. The van der Waals surface area contributed by atoms with E-state index in [1.54, 1.807) is 0 Å². The second-order valence-corrected chi connectivity index (χ2v) is 10.4. The number of para-hydroxylation sites is 7. The Kier molecular flexibility index (Phi) is 5.06. The van der Waals surface area contributed by atoms with Gasteiger partial charge in [-0.1, -0.05) is 72.8 Å². The number of rotatable bonds is 4. The first-order valence-electron chi connectivity index (χ1n) is 14.1. The van der Waals surface area contributed by atoms with Crippen molar-refractivity contribution in [1.29, 1.82) is 0 Å². The Hall–Kier alpha value is -6.08. The van der Waals surface area contributed by atoms with Crippen LogP contribution in [-0.2, 0) is 0 Å². The van der Waals surface area contributed by atoms with Crippen LogP contribution < -0.4 is 0 Å². The van der Waals surface area contributed by atoms with Crippen LogP contribution in [0.15, 0.2) is 138 Å². The first kappa shape index (κ1) is 23.6. The Morgan fingerprint density at radius 1 is 0.465 bits per heavy atom. The summed E-state index contributed by atoms with van der Waals surface area (Å²) in [7, 11) is 0. The lowest BCUT2D eigenvalue weighted by Crippen LogP contribution is -2.04. The van der Waals surface area contributed by atoms with Gasteiger partial charge < -0.3 is 4.42 Å². The maximum atomic E-state index is 6.48. The van der Waals surface area contributed by atoms with E-state index in [4.69, 9.17) is 24.4 Å². The molecule has 5 aromatic carbocycles. The van der Waals surface area contributed by atoms with E-state index in [2.05, 4.69) is 45.5 Å². The van der Waals surface area contributed by atoms with Crippen LogP contribution in [0.4, 0.5) is 0 Å². The maximum absolute atomic E-state index is 6.48. The second-order valence-electron chi connectivity index (χ2n) is 10.4. The molecular formula is C36H22N6O. The third-order valence-corrected chi connectivity index (χ3v) is 7.78. The fourth-order valence-electron chi connectivity index (χ4n) is 5.88. The molecule has 202 valence electrons. The van der Waals surface area contributed by atoms with Crippen LogP contribution in [-0.4, -0.2) is 29.1 Å². The van der Waals surface area contributed by atoms with E-state index in [1.165, 1.54) is 0 Å². The molecule has 43 heavy (non-hydrogen) atoms. The molecule has 9 rings (SSSR count). The summed E-state index contributed by atoms with van der Waals surface area (Å²) < 4.78 is 10.7. The Morgan fingerprint density at radius 3 is 1.67 bits per heavy atom. The van der Waals surface area contributed by atoms with Crippen LogP contribution in [0, 0.1) is 0 Å². The standard InChI is InChI=1S/C36H22N6O/c1-3-13-23(14-4-1)41-28-20-10-8-18-26(28)37-35(41)32-33-31(25-17-7-12-22-30(25)43-33)39-34(40-32)36-38-27-19-9-11-21-29(27)42(36)24-15-5-2-6-16-24/h1-22H. The van der Waals surface area contributed by atoms with E-state index in [1.807, 2.05) is 97.1 Å². The smallest absolute Gasteiger partial charge is 0.197 e. The van der Waals surface area contributed by atoms with E-state index in [0.717, 1.165) is 44.4 Å². The summed E-state index contributed by atoms with van der Waals surface area (Å²) in [6.45, 7) is 0. The number of imidazole rings is 2. The van der Waals surface area contributed by atoms with Gasteiger partial charge in [0.2, 0.25) is 0 Å². The van der Waals surface area contributed by atoms with Gasteiger partial charge in [0.15, 0.2) is 28.8 Å². The van der Waals surface area contributed by atoms with Gasteiger partial charge in [-0.3, -0.25) is 9.13 Å². The van der Waals surface area contributed by atoms with Gasteiger partial charge in [0.1, 0.15) is 11.1 Å². The molecule has 0 amide bonds. The van der Waals surface area contributed by atoms with Gasteiger partial charge in [-0.15, -0.1) is 0 Å². The molecule has 0 aliphatic heterocycles. The molecular weight excluding hydrogens is 532 g/mol. The fraction of sp³-hybridized carbons (Fsp3) is 0. The van der Waals surface area contributed by atoms with Crippen LogP contribution in [0.5, 0.6) is 0 Å². The van der Waals surface area contributed by atoms with Crippen molar-refractivity contribution in [2.45, 2.75) is 0 Å². The largest absolute Gasteiger partial charge is 0.452 e. The number of fused-ring (bicyclic) bond motifs is 5. The lowest BCUT2D eigenvalue weighted by molar-refractivity contribution is 0.666. The Labute approximate surface area is 245 Å². The van der Waals surface area contributed by atoms with Gasteiger partial charge in [0.25, 0.3) is 0 Å². The predicted molar refractivity (Wildman–Crippen MR) is 169 cm³/mol. The first-order valence-corrected chi connectivity index (χ1v) is 14.1. The average Bonchev–Trinajstić information content (AvgIpc) is 3.76. The normalized spacial score (nSPS) is 11.7. The van der Waals surface area contributed by atoms with Crippen molar-refractivity contribution >= 4 is 44.1 Å². The average molecular weight is 555 g/mol. The molecule has 0 fully saturated rings. The van der Waals surface area contributed by atoms with Gasteiger partial charge in [0, 0.05) is 16.8 Å². The number of aromatic nitrogens is 6. The summed E-state index contributed by atoms with van der Waals surface area (Å²) in [5, 5.41) is 0.909. The van der Waals surface area contributed by atoms with Crippen LogP contribution in [0.2, 0.25) is 0 Å². The fourth-order valence-corrected chi connectivity index (χ4v) is 5.88.